The fraction of sp³-hybridized carbons (Fsp3) is 0.529. The lowest BCUT2D eigenvalue weighted by atomic mass is 9.74. The summed E-state index contributed by atoms with van der Waals surface area (Å²) < 4.78 is 6.50. The van der Waals surface area contributed by atoms with Crippen LogP contribution in [0.3, 0.4) is 0 Å². The molecule has 1 aliphatic carbocycles. The minimum Gasteiger partial charge on any atom is -0.481 e. The highest BCUT2D eigenvalue weighted by molar-refractivity contribution is 9.10. The molecule has 2 fully saturated rings. The molecule has 0 radical (unpaired) electrons. The van der Waals surface area contributed by atoms with Crippen molar-refractivity contribution in [3.05, 3.63) is 34.3 Å². The Kier molecular flexibility index (Phi) is 4.73. The molecule has 0 bridgehead atoms. The van der Waals surface area contributed by atoms with Crippen LogP contribution < -0.4 is 5.32 Å². The van der Waals surface area contributed by atoms with Crippen molar-refractivity contribution in [1.29, 1.82) is 0 Å². The molecule has 1 aliphatic heterocycles. The van der Waals surface area contributed by atoms with E-state index in [2.05, 4.69) is 33.4 Å². The maximum absolute atomic E-state index is 12.2. The van der Waals surface area contributed by atoms with Crippen molar-refractivity contribution >= 4 is 27.8 Å². The average molecular weight is 382 g/mol. The van der Waals surface area contributed by atoms with Gasteiger partial charge in [0.15, 0.2) is 0 Å². The number of hydrogen-bond acceptors (Lipinski definition) is 3. The first kappa shape index (κ1) is 16.5. The van der Waals surface area contributed by atoms with Crippen LogP contribution in [0.4, 0.5) is 0 Å². The van der Waals surface area contributed by atoms with Gasteiger partial charge in [-0.15, -0.1) is 0 Å². The number of rotatable bonds is 5. The maximum Gasteiger partial charge on any atom is 0.307 e. The van der Waals surface area contributed by atoms with Crippen molar-refractivity contribution in [3.63, 3.8) is 0 Å². The Morgan fingerprint density at radius 2 is 2.04 bits per heavy atom. The summed E-state index contributed by atoms with van der Waals surface area (Å²) in [4.78, 5) is 23.1. The zero-order valence-electron chi connectivity index (χ0n) is 12.8. The molecule has 5 nitrogen and oxygen atoms in total. The van der Waals surface area contributed by atoms with E-state index in [1.165, 1.54) is 5.56 Å². The monoisotopic (exact) mass is 381 g/mol. The highest BCUT2D eigenvalue weighted by Gasteiger charge is 2.48. The van der Waals surface area contributed by atoms with Crippen LogP contribution in [0.25, 0.3) is 0 Å². The number of aliphatic carboxylic acids is 1. The Morgan fingerprint density at radius 1 is 1.30 bits per heavy atom. The first-order chi connectivity index (χ1) is 11.0. The normalized spacial score (nSPS) is 25.6. The number of ether oxygens (including phenoxy) is 1. The van der Waals surface area contributed by atoms with E-state index in [-0.39, 0.29) is 17.2 Å². The Balaban J connectivity index is 1.70. The highest BCUT2D eigenvalue weighted by atomic mass is 79.9. The topological polar surface area (TPSA) is 75.6 Å². The van der Waals surface area contributed by atoms with Gasteiger partial charge in [0.25, 0.3) is 0 Å². The Morgan fingerprint density at radius 3 is 2.65 bits per heavy atom. The maximum atomic E-state index is 12.2. The second-order valence-corrected chi connectivity index (χ2v) is 7.32. The van der Waals surface area contributed by atoms with E-state index in [0.29, 0.717) is 26.2 Å². The van der Waals surface area contributed by atoms with Crippen molar-refractivity contribution < 1.29 is 19.4 Å². The van der Waals surface area contributed by atoms with Gasteiger partial charge >= 0.3 is 5.97 Å². The second-order valence-electron chi connectivity index (χ2n) is 6.41. The molecule has 23 heavy (non-hydrogen) atoms. The van der Waals surface area contributed by atoms with Crippen LogP contribution in [-0.2, 0) is 19.7 Å². The molecule has 1 saturated carbocycles. The Labute approximate surface area is 143 Å². The zero-order chi connectivity index (χ0) is 16.4. The van der Waals surface area contributed by atoms with E-state index in [1.807, 2.05) is 12.1 Å². The quantitative estimate of drug-likeness (QED) is 0.820. The van der Waals surface area contributed by atoms with Gasteiger partial charge in [-0.25, -0.2) is 0 Å². The number of amides is 1. The lowest BCUT2D eigenvalue weighted by Crippen LogP contribution is -2.45. The molecule has 0 aromatic heterocycles. The number of hydrogen-bond donors (Lipinski definition) is 2. The molecular formula is C17H20BrNO4. The summed E-state index contributed by atoms with van der Waals surface area (Å²) in [6.07, 6.45) is 2.14. The van der Waals surface area contributed by atoms with Gasteiger partial charge in [-0.1, -0.05) is 28.1 Å². The third kappa shape index (κ3) is 3.58. The molecule has 1 saturated heterocycles. The minimum absolute atomic E-state index is 0.140. The highest BCUT2D eigenvalue weighted by Crippen LogP contribution is 2.40. The molecule has 2 N–H and O–H groups in total. The van der Waals surface area contributed by atoms with Crippen LogP contribution in [0.2, 0.25) is 0 Å². The molecule has 1 aromatic carbocycles. The Bertz CT molecular complexity index is 612. The summed E-state index contributed by atoms with van der Waals surface area (Å²) in [5.74, 6) is -1.89. The predicted molar refractivity (Wildman–Crippen MR) is 88.1 cm³/mol. The third-order valence-corrected chi connectivity index (χ3v) is 5.43. The standard InChI is InChI=1S/C17H20BrNO4/c18-12-3-1-2-11(8-12)17(4-6-23-7-5-17)10-19-15(20)13-9-14(13)16(21)22/h1-3,8,13-14H,4-7,9-10H2,(H,19,20)(H,21,22)/t13-,14+/m1/s1. The summed E-state index contributed by atoms with van der Waals surface area (Å²) in [7, 11) is 0. The molecule has 1 aromatic rings. The molecule has 1 heterocycles. The average Bonchev–Trinajstić information content (AvgIpc) is 3.34. The van der Waals surface area contributed by atoms with Crippen molar-refractivity contribution in [1.82, 2.24) is 5.32 Å². The van der Waals surface area contributed by atoms with Crippen LogP contribution in [-0.4, -0.2) is 36.7 Å². The summed E-state index contributed by atoms with van der Waals surface area (Å²) in [5, 5.41) is 11.9. The largest absolute Gasteiger partial charge is 0.481 e. The Hall–Kier alpha value is -1.40. The molecule has 6 heteroatoms. The molecule has 124 valence electrons. The van der Waals surface area contributed by atoms with Gasteiger partial charge in [-0.2, -0.15) is 0 Å². The summed E-state index contributed by atoms with van der Waals surface area (Å²) in [5.41, 5.74) is 1.03. The van der Waals surface area contributed by atoms with Crippen molar-refractivity contribution in [3.8, 4) is 0 Å². The van der Waals surface area contributed by atoms with E-state index in [1.54, 1.807) is 0 Å². The van der Waals surface area contributed by atoms with Gasteiger partial charge < -0.3 is 15.2 Å². The van der Waals surface area contributed by atoms with Crippen LogP contribution in [0.5, 0.6) is 0 Å². The van der Waals surface area contributed by atoms with Crippen molar-refractivity contribution in [2.45, 2.75) is 24.7 Å². The van der Waals surface area contributed by atoms with Gasteiger partial charge in [0, 0.05) is 29.6 Å². The molecule has 0 unspecified atom stereocenters. The number of benzene rings is 1. The second kappa shape index (κ2) is 6.61. The minimum atomic E-state index is -0.877. The molecule has 3 rings (SSSR count). The number of carboxylic acid groups (broad SMARTS) is 1. The number of carboxylic acids is 1. The van der Waals surface area contributed by atoms with E-state index >= 15 is 0 Å². The number of carbonyl (C=O) groups is 2. The first-order valence-electron chi connectivity index (χ1n) is 7.86. The predicted octanol–water partition coefficient (Wildman–Crippen LogP) is 2.33. The van der Waals surface area contributed by atoms with Crippen molar-refractivity contribution in [2.75, 3.05) is 19.8 Å². The van der Waals surface area contributed by atoms with E-state index < -0.39 is 11.9 Å². The molecule has 0 spiro atoms. The smallest absolute Gasteiger partial charge is 0.307 e. The van der Waals surface area contributed by atoms with Crippen LogP contribution >= 0.6 is 15.9 Å². The van der Waals surface area contributed by atoms with Crippen molar-refractivity contribution in [2.24, 2.45) is 11.8 Å². The van der Waals surface area contributed by atoms with E-state index in [9.17, 15) is 9.59 Å². The van der Waals surface area contributed by atoms with Crippen LogP contribution in [0.1, 0.15) is 24.8 Å². The van der Waals surface area contributed by atoms with E-state index in [4.69, 9.17) is 9.84 Å². The summed E-state index contributed by atoms with van der Waals surface area (Å²) in [6, 6.07) is 8.16. The van der Waals surface area contributed by atoms with Crippen LogP contribution in [0.15, 0.2) is 28.7 Å². The fourth-order valence-corrected chi connectivity index (χ4v) is 3.69. The fourth-order valence-electron chi connectivity index (χ4n) is 3.29. The van der Waals surface area contributed by atoms with Gasteiger partial charge in [-0.3, -0.25) is 9.59 Å². The van der Waals surface area contributed by atoms with Gasteiger partial charge in [-0.05, 0) is 37.0 Å². The molecular weight excluding hydrogens is 362 g/mol. The lowest BCUT2D eigenvalue weighted by Gasteiger charge is -2.38. The van der Waals surface area contributed by atoms with Crippen LogP contribution in [0, 0.1) is 11.8 Å². The van der Waals surface area contributed by atoms with Gasteiger partial charge in [0.05, 0.1) is 11.8 Å². The summed E-state index contributed by atoms with van der Waals surface area (Å²) in [6.45, 7) is 1.86. The lowest BCUT2D eigenvalue weighted by molar-refractivity contribution is -0.140. The number of nitrogens with one attached hydrogen (secondary N) is 1. The third-order valence-electron chi connectivity index (χ3n) is 4.93. The number of carbonyl (C=O) groups excluding carboxylic acids is 1. The van der Waals surface area contributed by atoms with E-state index in [0.717, 1.165) is 17.3 Å². The van der Waals surface area contributed by atoms with Gasteiger partial charge in [0.1, 0.15) is 0 Å². The summed E-state index contributed by atoms with van der Waals surface area (Å²) >= 11 is 3.51. The first-order valence-corrected chi connectivity index (χ1v) is 8.65. The SMILES string of the molecule is O=C(O)[C@H]1C[C@H]1C(=O)NCC1(c2cccc(Br)c2)CCOCC1. The number of halogens is 1. The zero-order valence-corrected chi connectivity index (χ0v) is 14.3. The molecule has 1 amide bonds. The van der Waals surface area contributed by atoms with Gasteiger partial charge in [0.2, 0.25) is 5.91 Å². The molecule has 2 atom stereocenters. The molecule has 2 aliphatic rings.